The number of unbranched alkanes of at least 4 members (excludes halogenated alkanes) is 1. The van der Waals surface area contributed by atoms with E-state index in [0.717, 1.165) is 12.8 Å². The van der Waals surface area contributed by atoms with Crippen molar-refractivity contribution in [3.05, 3.63) is 35.9 Å². The Balaban J connectivity index is 2.65. The average molecular weight is 277 g/mol. The Morgan fingerprint density at radius 3 is 2.40 bits per heavy atom. The number of nitrogens with one attached hydrogen (secondary N) is 1. The van der Waals surface area contributed by atoms with Gasteiger partial charge in [-0.2, -0.15) is 0 Å². The fourth-order valence-electron chi connectivity index (χ4n) is 1.53. The summed E-state index contributed by atoms with van der Waals surface area (Å²) in [6.07, 6.45) is 1.61. The molecule has 20 heavy (non-hydrogen) atoms. The third-order valence-electron chi connectivity index (χ3n) is 2.70. The number of benzene rings is 1. The van der Waals surface area contributed by atoms with Gasteiger partial charge in [0.1, 0.15) is 0 Å². The number of hydrogen-bond donors (Lipinski definition) is 1. The first-order valence-corrected chi connectivity index (χ1v) is 6.59. The van der Waals surface area contributed by atoms with Crippen molar-refractivity contribution in [1.29, 1.82) is 0 Å². The van der Waals surface area contributed by atoms with E-state index in [4.69, 9.17) is 4.74 Å². The number of amides is 1. The summed E-state index contributed by atoms with van der Waals surface area (Å²) in [4.78, 5) is 35.2. The molecule has 1 atom stereocenters. The number of carbonyl (C=O) groups excluding carboxylic acids is 3. The summed E-state index contributed by atoms with van der Waals surface area (Å²) in [6.45, 7) is 3.46. The van der Waals surface area contributed by atoms with Crippen molar-refractivity contribution in [2.75, 3.05) is 6.61 Å². The Morgan fingerprint density at radius 1 is 1.20 bits per heavy atom. The van der Waals surface area contributed by atoms with Crippen molar-refractivity contribution < 1.29 is 19.1 Å². The van der Waals surface area contributed by atoms with Crippen molar-refractivity contribution in [2.24, 2.45) is 0 Å². The van der Waals surface area contributed by atoms with Gasteiger partial charge in [-0.1, -0.05) is 31.5 Å². The van der Waals surface area contributed by atoms with Gasteiger partial charge in [0.25, 0.3) is 5.91 Å². The van der Waals surface area contributed by atoms with Gasteiger partial charge in [-0.3, -0.25) is 9.59 Å². The second kappa shape index (κ2) is 8.09. The molecule has 0 heterocycles. The molecule has 0 saturated carbocycles. The van der Waals surface area contributed by atoms with E-state index in [1.165, 1.54) is 6.92 Å². The van der Waals surface area contributed by atoms with Crippen molar-refractivity contribution >= 4 is 17.7 Å². The number of ketones is 1. The largest absolute Gasteiger partial charge is 0.464 e. The Labute approximate surface area is 118 Å². The molecule has 0 bridgehead atoms. The minimum absolute atomic E-state index is 0.250. The van der Waals surface area contributed by atoms with Crippen LogP contribution in [0, 0.1) is 0 Å². The normalized spacial score (nSPS) is 11.5. The van der Waals surface area contributed by atoms with Crippen LogP contribution in [-0.2, 0) is 14.3 Å². The predicted molar refractivity (Wildman–Crippen MR) is 74.2 cm³/mol. The Kier molecular flexibility index (Phi) is 6.43. The van der Waals surface area contributed by atoms with Crippen molar-refractivity contribution in [3.8, 4) is 0 Å². The summed E-state index contributed by atoms with van der Waals surface area (Å²) in [7, 11) is 0. The quantitative estimate of drug-likeness (QED) is 0.468. The zero-order valence-corrected chi connectivity index (χ0v) is 11.7. The molecule has 0 spiro atoms. The number of esters is 1. The molecule has 0 radical (unpaired) electrons. The molecule has 1 N–H and O–H groups in total. The van der Waals surface area contributed by atoms with E-state index in [-0.39, 0.29) is 6.61 Å². The molecule has 1 unspecified atom stereocenters. The lowest BCUT2D eigenvalue weighted by atomic mass is 10.1. The van der Waals surface area contributed by atoms with Crippen molar-refractivity contribution in [3.63, 3.8) is 0 Å². The van der Waals surface area contributed by atoms with E-state index in [9.17, 15) is 14.4 Å². The molecule has 0 aliphatic rings. The number of hydrogen-bond acceptors (Lipinski definition) is 4. The zero-order valence-electron chi connectivity index (χ0n) is 11.7. The van der Waals surface area contributed by atoms with Crippen LogP contribution in [-0.4, -0.2) is 30.3 Å². The SMILES string of the molecule is CCCCOC(=O)C(NC(=O)c1ccccc1)C(C)=O. The van der Waals surface area contributed by atoms with Gasteiger partial charge in [0.15, 0.2) is 11.8 Å². The highest BCUT2D eigenvalue weighted by molar-refractivity contribution is 6.07. The molecule has 0 saturated heterocycles. The lowest BCUT2D eigenvalue weighted by Gasteiger charge is -2.15. The number of carbonyl (C=O) groups is 3. The van der Waals surface area contributed by atoms with Crippen LogP contribution in [0.15, 0.2) is 30.3 Å². The van der Waals surface area contributed by atoms with Crippen molar-refractivity contribution in [1.82, 2.24) is 5.32 Å². The molecule has 5 heteroatoms. The van der Waals surface area contributed by atoms with Crippen LogP contribution in [0.3, 0.4) is 0 Å². The number of Topliss-reactive ketones (excluding diaryl/α,β-unsaturated/α-hetero) is 1. The zero-order chi connectivity index (χ0) is 15.0. The molecule has 0 fully saturated rings. The smallest absolute Gasteiger partial charge is 0.336 e. The molecule has 1 amide bonds. The highest BCUT2D eigenvalue weighted by Gasteiger charge is 2.27. The topological polar surface area (TPSA) is 72.5 Å². The third-order valence-corrected chi connectivity index (χ3v) is 2.70. The van der Waals surface area contributed by atoms with Gasteiger partial charge in [-0.05, 0) is 25.5 Å². The first-order valence-electron chi connectivity index (χ1n) is 6.59. The van der Waals surface area contributed by atoms with Crippen LogP contribution in [0.5, 0.6) is 0 Å². The first-order chi connectivity index (χ1) is 9.56. The lowest BCUT2D eigenvalue weighted by Crippen LogP contribution is -2.46. The van der Waals surface area contributed by atoms with Gasteiger partial charge in [0, 0.05) is 5.56 Å². The van der Waals surface area contributed by atoms with Crippen LogP contribution in [0.1, 0.15) is 37.0 Å². The highest BCUT2D eigenvalue weighted by atomic mass is 16.5. The summed E-state index contributed by atoms with van der Waals surface area (Å²) in [5, 5.41) is 2.40. The van der Waals surface area contributed by atoms with E-state index in [2.05, 4.69) is 5.32 Å². The third kappa shape index (κ3) is 4.84. The second-order valence-corrected chi connectivity index (χ2v) is 4.40. The molecule has 5 nitrogen and oxygen atoms in total. The van der Waals surface area contributed by atoms with Crippen molar-refractivity contribution in [2.45, 2.75) is 32.7 Å². The molecule has 0 aliphatic heterocycles. The first kappa shape index (κ1) is 15.9. The van der Waals surface area contributed by atoms with E-state index in [1.54, 1.807) is 30.3 Å². The van der Waals surface area contributed by atoms with Gasteiger partial charge in [0.2, 0.25) is 0 Å². The molecule has 1 rings (SSSR count). The molecule has 1 aromatic rings. The Bertz CT molecular complexity index is 470. The molecular weight excluding hydrogens is 258 g/mol. The summed E-state index contributed by atoms with van der Waals surface area (Å²) in [5.74, 6) is -1.63. The van der Waals surface area contributed by atoms with Crippen LogP contribution >= 0.6 is 0 Å². The Hall–Kier alpha value is -2.17. The predicted octanol–water partition coefficient (Wildman–Crippen LogP) is 1.72. The van der Waals surface area contributed by atoms with E-state index < -0.39 is 23.7 Å². The highest BCUT2D eigenvalue weighted by Crippen LogP contribution is 2.01. The van der Waals surface area contributed by atoms with Gasteiger partial charge in [0.05, 0.1) is 6.61 Å². The molecule has 108 valence electrons. The van der Waals surface area contributed by atoms with E-state index in [1.807, 2.05) is 6.92 Å². The van der Waals surface area contributed by atoms with Crippen LogP contribution in [0.2, 0.25) is 0 Å². The van der Waals surface area contributed by atoms with Gasteiger partial charge >= 0.3 is 5.97 Å². The number of rotatable bonds is 7. The summed E-state index contributed by atoms with van der Waals surface area (Å²) >= 11 is 0. The fourth-order valence-corrected chi connectivity index (χ4v) is 1.53. The maximum absolute atomic E-state index is 11.9. The summed E-state index contributed by atoms with van der Waals surface area (Å²) in [6, 6.07) is 7.15. The molecule has 1 aromatic carbocycles. The average Bonchev–Trinajstić information content (AvgIpc) is 2.45. The van der Waals surface area contributed by atoms with E-state index >= 15 is 0 Å². The standard InChI is InChI=1S/C15H19NO4/c1-3-4-10-20-15(19)13(11(2)17)16-14(18)12-8-6-5-7-9-12/h5-9,13H,3-4,10H2,1-2H3,(H,16,18). The second-order valence-electron chi connectivity index (χ2n) is 4.40. The maximum Gasteiger partial charge on any atom is 0.336 e. The van der Waals surface area contributed by atoms with Gasteiger partial charge in [-0.25, -0.2) is 4.79 Å². The summed E-state index contributed by atoms with van der Waals surface area (Å²) < 4.78 is 4.97. The van der Waals surface area contributed by atoms with Crippen LogP contribution in [0.4, 0.5) is 0 Å². The van der Waals surface area contributed by atoms with Crippen LogP contribution in [0.25, 0.3) is 0 Å². The Morgan fingerprint density at radius 2 is 1.85 bits per heavy atom. The minimum atomic E-state index is -1.25. The summed E-state index contributed by atoms with van der Waals surface area (Å²) in [5.41, 5.74) is 0.389. The number of ether oxygens (including phenoxy) is 1. The molecular formula is C15H19NO4. The van der Waals surface area contributed by atoms with Gasteiger partial charge < -0.3 is 10.1 Å². The molecule has 0 aliphatic carbocycles. The van der Waals surface area contributed by atoms with Gasteiger partial charge in [-0.15, -0.1) is 0 Å². The lowest BCUT2D eigenvalue weighted by molar-refractivity contribution is -0.148. The molecule has 0 aromatic heterocycles. The monoisotopic (exact) mass is 277 g/mol. The minimum Gasteiger partial charge on any atom is -0.464 e. The maximum atomic E-state index is 11.9. The van der Waals surface area contributed by atoms with E-state index in [0.29, 0.717) is 5.56 Å². The fraction of sp³-hybridized carbons (Fsp3) is 0.400. The van der Waals surface area contributed by atoms with Crippen LogP contribution < -0.4 is 5.32 Å².